The lowest BCUT2D eigenvalue weighted by molar-refractivity contribution is -0.160. The Hall–Kier alpha value is -3.41. The van der Waals surface area contributed by atoms with Crippen LogP contribution in [0.2, 0.25) is 0 Å². The molecule has 2 saturated heterocycles. The zero-order chi connectivity index (χ0) is 34.4. The second-order valence-corrected chi connectivity index (χ2v) is 17.9. The second-order valence-electron chi connectivity index (χ2n) is 15.9. The Morgan fingerprint density at radius 2 is 1.66 bits per heavy atom. The molecule has 266 valence electrons. The lowest BCUT2D eigenvalue weighted by Crippen LogP contribution is -2.66. The number of carbonyl (C=O) groups excluding carboxylic acids is 2. The molecule has 3 aliphatic heterocycles. The Morgan fingerprint density at radius 1 is 0.940 bits per heavy atom. The first kappa shape index (κ1) is 32.5. The van der Waals surface area contributed by atoms with E-state index >= 15 is 4.79 Å². The van der Waals surface area contributed by atoms with Crippen molar-refractivity contribution >= 4 is 32.7 Å². The molecular weight excluding hydrogens is 653 g/mol. The monoisotopic (exact) mass is 700 g/mol. The molecule has 3 aliphatic carbocycles. The number of amides is 2. The molecule has 1 N–H and O–H groups in total. The van der Waals surface area contributed by atoms with Gasteiger partial charge in [0, 0.05) is 47.6 Å². The molecule has 6 aliphatic rings. The van der Waals surface area contributed by atoms with Crippen LogP contribution in [0.5, 0.6) is 5.75 Å². The summed E-state index contributed by atoms with van der Waals surface area (Å²) in [5.74, 6) is 0.794. The van der Waals surface area contributed by atoms with Crippen LogP contribution in [-0.2, 0) is 26.1 Å². The van der Waals surface area contributed by atoms with E-state index in [4.69, 9.17) is 9.47 Å². The van der Waals surface area contributed by atoms with Gasteiger partial charge in [-0.1, -0.05) is 38.2 Å². The number of likely N-dealkylation sites (N-methyl/N-ethyl adjacent to an activating group) is 1. The number of nitrogens with zero attached hydrogens (tertiary/aromatic N) is 3. The van der Waals surface area contributed by atoms with Gasteiger partial charge in [0.1, 0.15) is 5.75 Å². The Kier molecular flexibility index (Phi) is 7.86. The number of morpholine rings is 1. The maximum atomic E-state index is 15.1. The second kappa shape index (κ2) is 12.1. The maximum Gasteiger partial charge on any atom is 0.264 e. The summed E-state index contributed by atoms with van der Waals surface area (Å²) < 4.78 is 42.8. The van der Waals surface area contributed by atoms with Crippen molar-refractivity contribution in [3.8, 4) is 17.0 Å². The average Bonchev–Trinajstić information content (AvgIpc) is 3.43. The van der Waals surface area contributed by atoms with Crippen molar-refractivity contribution < 1.29 is 27.5 Å². The SMILES string of the molecule is COc1ccc2c(c1)C1CC1(C(=O)N1C3COCC1CN(C)C3)Cn1c-2c(C2CCCCC2)c2ccc(C(=O)NS(=O)(=O)C3CCCC3)cc21. The van der Waals surface area contributed by atoms with Gasteiger partial charge >= 0.3 is 0 Å². The molecule has 2 aromatic carbocycles. The molecular formula is C39H48N4O6S. The summed E-state index contributed by atoms with van der Waals surface area (Å²) in [6.45, 7) is 3.18. The van der Waals surface area contributed by atoms with E-state index in [2.05, 4.69) is 38.3 Å². The van der Waals surface area contributed by atoms with Gasteiger partial charge in [-0.3, -0.25) is 9.59 Å². The van der Waals surface area contributed by atoms with E-state index < -0.39 is 26.6 Å². The van der Waals surface area contributed by atoms with E-state index in [1.807, 2.05) is 18.2 Å². The van der Waals surface area contributed by atoms with Crippen LogP contribution in [0.4, 0.5) is 0 Å². The van der Waals surface area contributed by atoms with Gasteiger partial charge in [0.25, 0.3) is 5.91 Å². The molecule has 4 heterocycles. The largest absolute Gasteiger partial charge is 0.497 e. The number of ether oxygens (including phenoxy) is 2. The van der Waals surface area contributed by atoms with Crippen LogP contribution in [-0.4, -0.2) is 92.4 Å². The topological polar surface area (TPSA) is 110 Å². The number of carbonyl (C=O) groups is 2. The third-order valence-corrected chi connectivity index (χ3v) is 14.7. The Bertz CT molecular complexity index is 1960. The minimum atomic E-state index is -3.77. The number of fused-ring (bicyclic) bond motifs is 9. The Balaban J connectivity index is 1.20. The first-order valence-electron chi connectivity index (χ1n) is 18.7. The number of rotatable bonds is 6. The third kappa shape index (κ3) is 5.12. The number of hydrogen-bond donors (Lipinski definition) is 1. The highest BCUT2D eigenvalue weighted by Crippen LogP contribution is 2.66. The van der Waals surface area contributed by atoms with Gasteiger partial charge in [-0.2, -0.15) is 0 Å². The van der Waals surface area contributed by atoms with Gasteiger partial charge in [0.2, 0.25) is 15.9 Å². The van der Waals surface area contributed by atoms with E-state index in [1.165, 1.54) is 24.8 Å². The number of piperazine rings is 1. The van der Waals surface area contributed by atoms with Gasteiger partial charge in [-0.05, 0) is 86.5 Å². The van der Waals surface area contributed by atoms with Crippen LogP contribution >= 0.6 is 0 Å². The molecule has 3 saturated carbocycles. The molecule has 1 aromatic heterocycles. The van der Waals surface area contributed by atoms with E-state index in [0.29, 0.717) is 44.1 Å². The first-order chi connectivity index (χ1) is 24.2. The lowest BCUT2D eigenvalue weighted by Gasteiger charge is -2.50. The quantitative estimate of drug-likeness (QED) is 0.367. The van der Waals surface area contributed by atoms with E-state index in [9.17, 15) is 13.2 Å². The predicted molar refractivity (Wildman–Crippen MR) is 191 cm³/mol. The van der Waals surface area contributed by atoms with Crippen molar-refractivity contribution in [2.45, 2.75) is 99.9 Å². The van der Waals surface area contributed by atoms with Crippen LogP contribution in [0.15, 0.2) is 36.4 Å². The molecule has 9 rings (SSSR count). The normalized spacial score (nSPS) is 28.4. The van der Waals surface area contributed by atoms with Crippen molar-refractivity contribution in [2.75, 3.05) is 40.5 Å². The van der Waals surface area contributed by atoms with Gasteiger partial charge in [-0.15, -0.1) is 0 Å². The van der Waals surface area contributed by atoms with Crippen LogP contribution < -0.4 is 9.46 Å². The fourth-order valence-electron chi connectivity index (χ4n) is 10.4. The molecule has 4 atom stereocenters. The molecule has 5 fully saturated rings. The van der Waals surface area contributed by atoms with E-state index in [0.717, 1.165) is 78.7 Å². The van der Waals surface area contributed by atoms with Crippen molar-refractivity contribution in [1.29, 1.82) is 0 Å². The number of aromatic nitrogens is 1. The highest BCUT2D eigenvalue weighted by molar-refractivity contribution is 7.90. The Morgan fingerprint density at radius 3 is 2.38 bits per heavy atom. The fourth-order valence-corrected chi connectivity index (χ4v) is 11.9. The number of hydrogen-bond acceptors (Lipinski definition) is 7. The molecule has 0 spiro atoms. The van der Waals surface area contributed by atoms with Crippen LogP contribution in [0.3, 0.4) is 0 Å². The van der Waals surface area contributed by atoms with Gasteiger partial charge < -0.3 is 23.8 Å². The molecule has 2 bridgehead atoms. The molecule has 11 heteroatoms. The zero-order valence-electron chi connectivity index (χ0n) is 29.2. The minimum Gasteiger partial charge on any atom is -0.497 e. The summed E-state index contributed by atoms with van der Waals surface area (Å²) >= 11 is 0. The fraction of sp³-hybridized carbons (Fsp3) is 0.590. The highest BCUT2D eigenvalue weighted by Gasteiger charge is 2.65. The molecule has 10 nitrogen and oxygen atoms in total. The summed E-state index contributed by atoms with van der Waals surface area (Å²) in [5.41, 5.74) is 5.31. The lowest BCUT2D eigenvalue weighted by atomic mass is 9.81. The van der Waals surface area contributed by atoms with Gasteiger partial charge in [0.05, 0.1) is 48.8 Å². The number of nitrogens with one attached hydrogen (secondary N) is 1. The van der Waals surface area contributed by atoms with Crippen molar-refractivity contribution in [3.63, 3.8) is 0 Å². The predicted octanol–water partition coefficient (Wildman–Crippen LogP) is 5.40. The summed E-state index contributed by atoms with van der Waals surface area (Å²) in [6.07, 6.45) is 9.41. The van der Waals surface area contributed by atoms with Gasteiger partial charge in [-0.25, -0.2) is 13.1 Å². The van der Waals surface area contributed by atoms with Crippen LogP contribution in [0.1, 0.15) is 97.5 Å². The standard InChI is InChI=1S/C39H48N4O6S/c1-41-19-26-21-49-22-27(20-41)43(26)38(45)39-18-33(39)32-17-28(48-2)13-15-30(32)36-35(24-8-4-3-5-9-24)31-14-12-25(16-34(31)42(36)23-39)37(44)40-50(46,47)29-10-6-7-11-29/h12-17,24,26-27,29,33H,3-11,18-23H2,1-2H3,(H,40,44). The van der Waals surface area contributed by atoms with Crippen molar-refractivity contribution in [2.24, 2.45) is 5.41 Å². The number of methoxy groups -OCH3 is 1. The molecule has 0 radical (unpaired) electrons. The summed E-state index contributed by atoms with van der Waals surface area (Å²) in [4.78, 5) is 33.3. The highest BCUT2D eigenvalue weighted by atomic mass is 32.2. The summed E-state index contributed by atoms with van der Waals surface area (Å²) in [6, 6.07) is 12.1. The van der Waals surface area contributed by atoms with Crippen LogP contribution in [0.25, 0.3) is 22.2 Å². The van der Waals surface area contributed by atoms with E-state index in [1.54, 1.807) is 13.2 Å². The molecule has 2 amide bonds. The van der Waals surface area contributed by atoms with E-state index in [-0.39, 0.29) is 23.9 Å². The maximum absolute atomic E-state index is 15.1. The number of benzene rings is 2. The summed E-state index contributed by atoms with van der Waals surface area (Å²) in [7, 11) is 0.0443. The smallest absolute Gasteiger partial charge is 0.264 e. The minimum absolute atomic E-state index is 0.0134. The molecule has 50 heavy (non-hydrogen) atoms. The summed E-state index contributed by atoms with van der Waals surface area (Å²) in [5, 5.41) is 0.568. The molecule has 4 unspecified atom stereocenters. The number of sulfonamides is 1. The zero-order valence-corrected chi connectivity index (χ0v) is 30.0. The molecule has 3 aromatic rings. The van der Waals surface area contributed by atoms with Crippen molar-refractivity contribution in [3.05, 3.63) is 53.1 Å². The Labute approximate surface area is 294 Å². The first-order valence-corrected chi connectivity index (χ1v) is 20.2. The van der Waals surface area contributed by atoms with Crippen molar-refractivity contribution in [1.82, 2.24) is 19.1 Å². The van der Waals surface area contributed by atoms with Gasteiger partial charge in [0.15, 0.2) is 0 Å². The average molecular weight is 701 g/mol. The third-order valence-electron chi connectivity index (χ3n) is 12.9. The van der Waals surface area contributed by atoms with Crippen LogP contribution in [0, 0.1) is 5.41 Å².